The number of halogens is 2. The maximum atomic E-state index is 6.72. The van der Waals surface area contributed by atoms with Gasteiger partial charge in [-0.2, -0.15) is 0 Å². The van der Waals surface area contributed by atoms with Gasteiger partial charge in [0.1, 0.15) is 28.8 Å². The zero-order valence-electron chi connectivity index (χ0n) is 19.1. The maximum absolute atomic E-state index is 6.72. The predicted octanol–water partition coefficient (Wildman–Crippen LogP) is 4.01. The molecule has 1 atom stereocenters. The van der Waals surface area contributed by atoms with Crippen molar-refractivity contribution in [3.05, 3.63) is 156 Å². The number of nitrogens with two attached hydrogens (primary N) is 1. The Labute approximate surface area is 223 Å². The van der Waals surface area contributed by atoms with E-state index in [1.807, 2.05) is 12.1 Å². The van der Waals surface area contributed by atoms with Gasteiger partial charge in [0.05, 0.1) is 0 Å². The molecular formula is C31H26BrClNP. The van der Waals surface area contributed by atoms with Crippen molar-refractivity contribution in [2.45, 2.75) is 5.66 Å². The topological polar surface area (TPSA) is 26.0 Å². The van der Waals surface area contributed by atoms with Gasteiger partial charge in [0.25, 0.3) is 0 Å². The molecule has 0 bridgehead atoms. The summed E-state index contributed by atoms with van der Waals surface area (Å²) in [6, 6.07) is 49.3. The van der Waals surface area contributed by atoms with Crippen molar-refractivity contribution in [3.8, 4) is 0 Å². The van der Waals surface area contributed by atoms with Gasteiger partial charge < -0.3 is 22.7 Å². The average molecular weight is 559 g/mol. The smallest absolute Gasteiger partial charge is 0.136 e. The summed E-state index contributed by atoms with van der Waals surface area (Å²) in [4.78, 5) is 0. The van der Waals surface area contributed by atoms with Gasteiger partial charge in [-0.25, -0.2) is 0 Å². The Balaban J connectivity index is 0.00000289. The van der Waals surface area contributed by atoms with Crippen LogP contribution in [-0.2, 0) is 0 Å². The Morgan fingerprint density at radius 1 is 0.543 bits per heavy atom. The Kier molecular flexibility index (Phi) is 8.08. The first-order valence-corrected chi connectivity index (χ1v) is 13.6. The van der Waals surface area contributed by atoms with Crippen LogP contribution in [0.25, 0.3) is 0 Å². The molecule has 174 valence electrons. The lowest BCUT2D eigenvalue weighted by atomic mass is 10.0. The molecule has 0 radical (unpaired) electrons. The van der Waals surface area contributed by atoms with E-state index < -0.39 is 7.26 Å². The first kappa shape index (κ1) is 25.2. The Morgan fingerprint density at radius 3 is 1.37 bits per heavy atom. The molecule has 0 spiro atoms. The fourth-order valence-corrected chi connectivity index (χ4v) is 10.1. The van der Waals surface area contributed by atoms with Crippen LogP contribution in [0.2, 0.25) is 5.02 Å². The first-order valence-electron chi connectivity index (χ1n) is 11.4. The lowest BCUT2D eigenvalue weighted by Crippen LogP contribution is -3.00. The number of nitrogen functional groups attached to an aromatic ring is 1. The third-order valence-electron chi connectivity index (χ3n) is 6.34. The third kappa shape index (κ3) is 4.80. The van der Waals surface area contributed by atoms with Crippen LogP contribution in [0.1, 0.15) is 16.8 Å². The van der Waals surface area contributed by atoms with Gasteiger partial charge in [0.2, 0.25) is 0 Å². The second-order valence-corrected chi connectivity index (χ2v) is 12.3. The quantitative estimate of drug-likeness (QED) is 0.247. The van der Waals surface area contributed by atoms with Crippen LogP contribution in [0.4, 0.5) is 5.69 Å². The molecule has 1 nitrogen and oxygen atoms in total. The standard InChI is InChI=1S/C31H26ClNP.BrH/c32-25-21-22-30(33)29(23-25)31(24-13-5-1-6-14-24)34(26-15-7-2-8-16-26,27-17-9-3-10-18-27)28-19-11-4-12-20-28;/h1-23,31H,33H2;1H/q+1;/p-1. The van der Waals surface area contributed by atoms with E-state index in [9.17, 15) is 0 Å². The van der Waals surface area contributed by atoms with Gasteiger partial charge in [-0.15, -0.1) is 0 Å². The normalized spacial score (nSPS) is 11.9. The highest BCUT2D eigenvalue weighted by Gasteiger charge is 2.54. The molecule has 0 heterocycles. The zero-order chi connectivity index (χ0) is 23.4. The van der Waals surface area contributed by atoms with Crippen molar-refractivity contribution >= 4 is 40.5 Å². The Morgan fingerprint density at radius 2 is 0.943 bits per heavy atom. The lowest BCUT2D eigenvalue weighted by molar-refractivity contribution is -0.00000645. The molecular weight excluding hydrogens is 533 g/mol. The molecule has 0 amide bonds. The van der Waals surface area contributed by atoms with E-state index in [-0.39, 0.29) is 22.6 Å². The van der Waals surface area contributed by atoms with Crippen LogP contribution in [0.15, 0.2) is 140 Å². The van der Waals surface area contributed by atoms with Crippen molar-refractivity contribution in [2.75, 3.05) is 5.73 Å². The van der Waals surface area contributed by atoms with Crippen LogP contribution in [0, 0.1) is 0 Å². The molecule has 0 aliphatic heterocycles. The van der Waals surface area contributed by atoms with Gasteiger partial charge in [-0.3, -0.25) is 0 Å². The minimum Gasteiger partial charge on any atom is -1.00 e. The van der Waals surface area contributed by atoms with Crippen molar-refractivity contribution < 1.29 is 17.0 Å². The molecule has 35 heavy (non-hydrogen) atoms. The van der Waals surface area contributed by atoms with Crippen molar-refractivity contribution in [2.24, 2.45) is 0 Å². The summed E-state index contributed by atoms with van der Waals surface area (Å²) in [6.07, 6.45) is 0. The predicted molar refractivity (Wildman–Crippen MR) is 149 cm³/mol. The lowest BCUT2D eigenvalue weighted by Gasteiger charge is -2.36. The summed E-state index contributed by atoms with van der Waals surface area (Å²) in [5, 5.41) is 4.61. The number of hydrogen-bond acceptors (Lipinski definition) is 1. The number of hydrogen-bond donors (Lipinski definition) is 1. The maximum Gasteiger partial charge on any atom is 0.136 e. The summed E-state index contributed by atoms with van der Waals surface area (Å²) >= 11 is 6.59. The van der Waals surface area contributed by atoms with Crippen LogP contribution >= 0.6 is 18.9 Å². The molecule has 0 saturated heterocycles. The molecule has 5 aromatic carbocycles. The summed E-state index contributed by atoms with van der Waals surface area (Å²) in [6.45, 7) is 0. The average Bonchev–Trinajstić information content (AvgIpc) is 2.91. The van der Waals surface area contributed by atoms with Gasteiger partial charge in [0.15, 0.2) is 0 Å². The zero-order valence-corrected chi connectivity index (χ0v) is 22.4. The summed E-state index contributed by atoms with van der Waals surface area (Å²) in [5.74, 6) is 0. The highest BCUT2D eigenvalue weighted by molar-refractivity contribution is 7.96. The number of rotatable bonds is 6. The van der Waals surface area contributed by atoms with E-state index in [1.54, 1.807) is 0 Å². The Hall–Kier alpha value is -2.90. The third-order valence-corrected chi connectivity index (χ3v) is 11.3. The summed E-state index contributed by atoms with van der Waals surface area (Å²) in [7, 11) is -2.29. The van der Waals surface area contributed by atoms with E-state index in [0.717, 1.165) is 11.3 Å². The number of benzene rings is 5. The molecule has 5 aromatic rings. The molecule has 1 unspecified atom stereocenters. The minimum absolute atomic E-state index is 0. The van der Waals surface area contributed by atoms with E-state index >= 15 is 0 Å². The van der Waals surface area contributed by atoms with Crippen molar-refractivity contribution in [1.82, 2.24) is 0 Å². The van der Waals surface area contributed by atoms with Crippen LogP contribution in [0.3, 0.4) is 0 Å². The highest BCUT2D eigenvalue weighted by atomic mass is 79.9. The molecule has 0 saturated carbocycles. The van der Waals surface area contributed by atoms with E-state index in [2.05, 4.69) is 127 Å². The molecule has 2 N–H and O–H groups in total. The van der Waals surface area contributed by atoms with Crippen LogP contribution < -0.4 is 38.6 Å². The van der Waals surface area contributed by atoms with Crippen LogP contribution in [0.5, 0.6) is 0 Å². The summed E-state index contributed by atoms with van der Waals surface area (Å²) in [5.41, 5.74) is 9.74. The van der Waals surface area contributed by atoms with Gasteiger partial charge in [-0.1, -0.05) is 96.5 Å². The molecule has 5 rings (SSSR count). The largest absolute Gasteiger partial charge is 1.00 e. The van der Waals surface area contributed by atoms with Crippen LogP contribution in [-0.4, -0.2) is 0 Å². The minimum atomic E-state index is -2.29. The van der Waals surface area contributed by atoms with Crippen molar-refractivity contribution in [1.29, 1.82) is 0 Å². The summed E-state index contributed by atoms with van der Waals surface area (Å²) < 4.78 is 0. The van der Waals surface area contributed by atoms with Gasteiger partial charge in [-0.05, 0) is 60.2 Å². The second kappa shape index (κ2) is 11.2. The van der Waals surface area contributed by atoms with Gasteiger partial charge >= 0.3 is 0 Å². The highest BCUT2D eigenvalue weighted by Crippen LogP contribution is 2.69. The van der Waals surface area contributed by atoms with E-state index in [1.165, 1.54) is 21.5 Å². The Bertz CT molecular complexity index is 1270. The number of anilines is 1. The SMILES string of the molecule is Nc1ccc(Cl)cc1C(c1ccccc1)[P+](c1ccccc1)(c1ccccc1)c1ccccc1.[Br-]. The van der Waals surface area contributed by atoms with E-state index in [0.29, 0.717) is 5.02 Å². The van der Waals surface area contributed by atoms with E-state index in [4.69, 9.17) is 17.3 Å². The van der Waals surface area contributed by atoms with Gasteiger partial charge in [0, 0.05) is 16.3 Å². The second-order valence-electron chi connectivity index (χ2n) is 8.32. The molecule has 0 fully saturated rings. The molecule has 0 aliphatic rings. The first-order chi connectivity index (χ1) is 16.7. The molecule has 4 heteroatoms. The molecule has 0 aliphatic carbocycles. The monoisotopic (exact) mass is 557 g/mol. The fraction of sp³-hybridized carbons (Fsp3) is 0.0323. The fourth-order valence-electron chi connectivity index (χ4n) is 4.91. The molecule has 0 aromatic heterocycles. The van der Waals surface area contributed by atoms with Crippen molar-refractivity contribution in [3.63, 3.8) is 0 Å².